The molecule has 0 unspecified atom stereocenters. The van der Waals surface area contributed by atoms with Gasteiger partial charge in [0.2, 0.25) is 0 Å². The van der Waals surface area contributed by atoms with Gasteiger partial charge in [-0.15, -0.1) is 11.3 Å². The molecular formula is C10H13BF3NO2S. The van der Waals surface area contributed by atoms with Crippen molar-refractivity contribution >= 4 is 24.0 Å². The van der Waals surface area contributed by atoms with Crippen molar-refractivity contribution in [2.75, 3.05) is 0 Å². The first-order valence-corrected chi connectivity index (χ1v) is 6.29. The van der Waals surface area contributed by atoms with Crippen molar-refractivity contribution in [1.82, 2.24) is 4.98 Å². The smallest absolute Gasteiger partial charge is 0.398 e. The molecule has 2 rings (SSSR count). The molecule has 1 aromatic heterocycles. The lowest BCUT2D eigenvalue weighted by atomic mass is 9.86. The van der Waals surface area contributed by atoms with E-state index < -0.39 is 29.5 Å². The number of rotatable bonds is 1. The van der Waals surface area contributed by atoms with E-state index in [1.165, 1.54) is 5.38 Å². The number of hydrogen-bond donors (Lipinski definition) is 0. The fourth-order valence-corrected chi connectivity index (χ4v) is 2.18. The molecule has 1 aliphatic rings. The minimum atomic E-state index is -4.42. The van der Waals surface area contributed by atoms with Crippen LogP contribution in [0.25, 0.3) is 0 Å². The Morgan fingerprint density at radius 2 is 1.67 bits per heavy atom. The van der Waals surface area contributed by atoms with Crippen molar-refractivity contribution in [3.8, 4) is 0 Å². The van der Waals surface area contributed by atoms with Crippen LogP contribution in [-0.4, -0.2) is 23.3 Å². The summed E-state index contributed by atoms with van der Waals surface area (Å²) in [5, 5.41) is 0.442. The van der Waals surface area contributed by atoms with Crippen LogP contribution < -0.4 is 5.59 Å². The molecule has 0 spiro atoms. The molecule has 18 heavy (non-hydrogen) atoms. The Kier molecular flexibility index (Phi) is 3.03. The Morgan fingerprint density at radius 3 is 2.06 bits per heavy atom. The number of alkyl halides is 3. The van der Waals surface area contributed by atoms with Gasteiger partial charge in [0.1, 0.15) is 0 Å². The fourth-order valence-electron chi connectivity index (χ4n) is 1.49. The summed E-state index contributed by atoms with van der Waals surface area (Å²) >= 11 is 0.548. The van der Waals surface area contributed by atoms with Gasteiger partial charge in [-0.05, 0) is 27.7 Å². The molecule has 8 heteroatoms. The van der Waals surface area contributed by atoms with Gasteiger partial charge in [0.15, 0.2) is 5.01 Å². The van der Waals surface area contributed by atoms with Crippen LogP contribution in [0, 0.1) is 0 Å². The van der Waals surface area contributed by atoms with Gasteiger partial charge in [-0.25, -0.2) is 4.98 Å². The summed E-state index contributed by atoms with van der Waals surface area (Å²) in [4.78, 5) is 3.54. The normalized spacial score (nSPS) is 22.5. The highest BCUT2D eigenvalue weighted by atomic mass is 32.1. The second kappa shape index (κ2) is 3.95. The average Bonchev–Trinajstić information content (AvgIpc) is 2.69. The molecule has 0 N–H and O–H groups in total. The summed E-state index contributed by atoms with van der Waals surface area (Å²) in [6, 6.07) is 0. The molecule has 2 heterocycles. The molecule has 0 radical (unpaired) electrons. The molecule has 1 aromatic rings. The van der Waals surface area contributed by atoms with Gasteiger partial charge in [-0.3, -0.25) is 0 Å². The lowest BCUT2D eigenvalue weighted by Crippen LogP contribution is -2.41. The maximum Gasteiger partial charge on any atom is 0.515 e. The maximum atomic E-state index is 12.5. The third-order valence-corrected chi connectivity index (χ3v) is 4.16. The van der Waals surface area contributed by atoms with Gasteiger partial charge in [0, 0.05) is 5.38 Å². The second-order valence-corrected chi connectivity index (χ2v) is 6.02. The summed E-state index contributed by atoms with van der Waals surface area (Å²) in [7, 11) is -0.845. The lowest BCUT2D eigenvalue weighted by molar-refractivity contribution is -0.137. The third kappa shape index (κ3) is 2.28. The zero-order chi connectivity index (χ0) is 13.8. The molecule has 0 saturated carbocycles. The van der Waals surface area contributed by atoms with E-state index in [2.05, 4.69) is 4.98 Å². The summed E-state index contributed by atoms with van der Waals surface area (Å²) in [6.07, 6.45) is -4.42. The number of hydrogen-bond acceptors (Lipinski definition) is 4. The highest BCUT2D eigenvalue weighted by Crippen LogP contribution is 2.37. The Labute approximate surface area is 107 Å². The first kappa shape index (κ1) is 13.8. The topological polar surface area (TPSA) is 31.4 Å². The maximum absolute atomic E-state index is 12.5. The molecule has 3 nitrogen and oxygen atoms in total. The Hall–Kier alpha value is -0.595. The summed E-state index contributed by atoms with van der Waals surface area (Å²) < 4.78 is 48.6. The van der Waals surface area contributed by atoms with Crippen molar-refractivity contribution < 1.29 is 22.5 Å². The van der Waals surface area contributed by atoms with Crippen molar-refractivity contribution in [1.29, 1.82) is 0 Å². The van der Waals surface area contributed by atoms with Crippen LogP contribution >= 0.6 is 11.3 Å². The van der Waals surface area contributed by atoms with Crippen molar-refractivity contribution in [3.05, 3.63) is 10.4 Å². The predicted octanol–water partition coefficient (Wildman–Crippen LogP) is 2.46. The largest absolute Gasteiger partial charge is 0.515 e. The molecule has 0 bridgehead atoms. The van der Waals surface area contributed by atoms with Gasteiger partial charge in [0.05, 0.1) is 16.8 Å². The van der Waals surface area contributed by atoms with Gasteiger partial charge in [-0.1, -0.05) is 0 Å². The van der Waals surface area contributed by atoms with E-state index in [4.69, 9.17) is 9.31 Å². The fraction of sp³-hybridized carbons (Fsp3) is 0.700. The molecule has 0 atom stereocenters. The van der Waals surface area contributed by atoms with Crippen LogP contribution in [0.5, 0.6) is 0 Å². The molecule has 0 aliphatic carbocycles. The van der Waals surface area contributed by atoms with Crippen LogP contribution in [0.1, 0.15) is 32.7 Å². The highest BCUT2D eigenvalue weighted by molar-refractivity contribution is 7.10. The van der Waals surface area contributed by atoms with E-state index in [0.29, 0.717) is 11.3 Å². The average molecular weight is 279 g/mol. The van der Waals surface area contributed by atoms with Gasteiger partial charge in [-0.2, -0.15) is 13.2 Å². The van der Waals surface area contributed by atoms with E-state index in [-0.39, 0.29) is 5.59 Å². The van der Waals surface area contributed by atoms with E-state index in [1.54, 1.807) is 0 Å². The van der Waals surface area contributed by atoms with Gasteiger partial charge in [0.25, 0.3) is 0 Å². The quantitative estimate of drug-likeness (QED) is 0.740. The highest BCUT2D eigenvalue weighted by Gasteiger charge is 2.53. The van der Waals surface area contributed by atoms with Gasteiger partial charge >= 0.3 is 13.3 Å². The monoisotopic (exact) mass is 279 g/mol. The molecule has 1 saturated heterocycles. The predicted molar refractivity (Wildman–Crippen MR) is 62.8 cm³/mol. The molecule has 1 fully saturated rings. The van der Waals surface area contributed by atoms with E-state index in [0.717, 1.165) is 0 Å². The molecular weight excluding hydrogens is 266 g/mol. The van der Waals surface area contributed by atoms with Crippen LogP contribution in [-0.2, 0) is 15.5 Å². The second-order valence-electron chi connectivity index (χ2n) is 5.16. The van der Waals surface area contributed by atoms with Crippen molar-refractivity contribution in [3.63, 3.8) is 0 Å². The summed E-state index contributed by atoms with van der Waals surface area (Å²) in [5.41, 5.74) is -0.995. The first-order chi connectivity index (χ1) is 8.03. The van der Waals surface area contributed by atoms with E-state index in [1.807, 2.05) is 27.7 Å². The Balaban J connectivity index is 2.23. The molecule has 0 aromatic carbocycles. The van der Waals surface area contributed by atoms with Crippen LogP contribution in [0.15, 0.2) is 5.38 Å². The first-order valence-electron chi connectivity index (χ1n) is 5.41. The number of aromatic nitrogens is 1. The van der Waals surface area contributed by atoms with E-state index >= 15 is 0 Å². The minimum absolute atomic E-state index is 0.172. The van der Waals surface area contributed by atoms with Crippen molar-refractivity contribution in [2.45, 2.75) is 45.1 Å². The zero-order valence-electron chi connectivity index (χ0n) is 10.5. The standard InChI is InChI=1S/C10H13BF3NO2S/c1-8(2)9(3,4)17-11(16-8)6-5-18-7(15-6)10(12,13)14/h5H,1-4H3. The summed E-state index contributed by atoms with van der Waals surface area (Å²) in [5.74, 6) is 0. The zero-order valence-corrected chi connectivity index (χ0v) is 11.3. The van der Waals surface area contributed by atoms with Crippen LogP contribution in [0.4, 0.5) is 13.2 Å². The SMILES string of the molecule is CC1(C)OB(c2csc(C(F)(F)F)n2)OC1(C)C. The third-order valence-electron chi connectivity index (χ3n) is 3.26. The van der Waals surface area contributed by atoms with Gasteiger partial charge < -0.3 is 9.31 Å². The summed E-state index contributed by atoms with van der Waals surface area (Å²) in [6.45, 7) is 7.35. The van der Waals surface area contributed by atoms with Crippen LogP contribution in [0.3, 0.4) is 0 Å². The molecule has 100 valence electrons. The number of nitrogens with zero attached hydrogens (tertiary/aromatic N) is 1. The minimum Gasteiger partial charge on any atom is -0.398 e. The number of halogens is 3. The lowest BCUT2D eigenvalue weighted by Gasteiger charge is -2.32. The van der Waals surface area contributed by atoms with Crippen molar-refractivity contribution in [2.24, 2.45) is 0 Å². The Morgan fingerprint density at radius 1 is 1.17 bits per heavy atom. The van der Waals surface area contributed by atoms with E-state index in [9.17, 15) is 13.2 Å². The molecule has 1 aliphatic heterocycles. The van der Waals surface area contributed by atoms with Crippen LogP contribution in [0.2, 0.25) is 0 Å². The molecule has 0 amide bonds. The Bertz CT molecular complexity index is 442. The number of thiazole rings is 1.